The summed E-state index contributed by atoms with van der Waals surface area (Å²) in [4.78, 5) is 14.7. The molecule has 25 heavy (non-hydrogen) atoms. The van der Waals surface area contributed by atoms with E-state index in [0.717, 1.165) is 10.7 Å². The summed E-state index contributed by atoms with van der Waals surface area (Å²) < 4.78 is 6.99. The van der Waals surface area contributed by atoms with Crippen molar-refractivity contribution < 1.29 is 9.53 Å². The Morgan fingerprint density at radius 3 is 2.64 bits per heavy atom. The van der Waals surface area contributed by atoms with Crippen molar-refractivity contribution >= 4 is 17.7 Å². The lowest BCUT2D eigenvalue weighted by molar-refractivity contribution is -0.133. The predicted molar refractivity (Wildman–Crippen MR) is 99.4 cm³/mol. The monoisotopic (exact) mass is 362 g/mol. The molecule has 0 spiro atoms. The SMILES string of the molecule is COCCn1cnnc1SCC(=O)N(Cc1ccccc1)C(C)(C)C. The first-order chi connectivity index (χ1) is 11.9. The fourth-order valence-corrected chi connectivity index (χ4v) is 3.19. The van der Waals surface area contributed by atoms with Gasteiger partial charge in [0.15, 0.2) is 5.16 Å². The highest BCUT2D eigenvalue weighted by atomic mass is 32.2. The molecular weight excluding hydrogens is 336 g/mol. The van der Waals surface area contributed by atoms with Crippen LogP contribution in [0.2, 0.25) is 0 Å². The molecule has 136 valence electrons. The third-order valence-corrected chi connectivity index (χ3v) is 4.70. The molecular formula is C18H26N4O2S. The number of thioether (sulfide) groups is 1. The molecule has 1 heterocycles. The first kappa shape index (κ1) is 19.5. The van der Waals surface area contributed by atoms with Crippen molar-refractivity contribution in [3.63, 3.8) is 0 Å². The smallest absolute Gasteiger partial charge is 0.233 e. The van der Waals surface area contributed by atoms with Crippen LogP contribution in [0.15, 0.2) is 41.8 Å². The van der Waals surface area contributed by atoms with Crippen LogP contribution in [0.5, 0.6) is 0 Å². The van der Waals surface area contributed by atoms with E-state index < -0.39 is 0 Å². The molecule has 2 aromatic rings. The zero-order valence-corrected chi connectivity index (χ0v) is 16.1. The van der Waals surface area contributed by atoms with Gasteiger partial charge in [0, 0.05) is 25.7 Å². The minimum absolute atomic E-state index is 0.0858. The molecule has 0 fully saturated rings. The van der Waals surface area contributed by atoms with Gasteiger partial charge in [-0.05, 0) is 26.3 Å². The van der Waals surface area contributed by atoms with Crippen LogP contribution >= 0.6 is 11.8 Å². The molecule has 2 rings (SSSR count). The van der Waals surface area contributed by atoms with Gasteiger partial charge in [-0.1, -0.05) is 42.1 Å². The number of methoxy groups -OCH3 is 1. The van der Waals surface area contributed by atoms with E-state index in [1.807, 2.05) is 39.8 Å². The molecule has 0 N–H and O–H groups in total. The third kappa shape index (κ3) is 5.86. The number of carbonyl (C=O) groups excluding carboxylic acids is 1. The zero-order valence-electron chi connectivity index (χ0n) is 15.3. The van der Waals surface area contributed by atoms with E-state index in [2.05, 4.69) is 31.0 Å². The van der Waals surface area contributed by atoms with Crippen LogP contribution in [0.3, 0.4) is 0 Å². The maximum Gasteiger partial charge on any atom is 0.233 e. The molecule has 0 aliphatic heterocycles. The van der Waals surface area contributed by atoms with E-state index >= 15 is 0 Å². The number of hydrogen-bond donors (Lipinski definition) is 0. The summed E-state index contributed by atoms with van der Waals surface area (Å²) in [7, 11) is 1.66. The van der Waals surface area contributed by atoms with Crippen LogP contribution in [-0.4, -0.2) is 50.6 Å². The summed E-state index contributed by atoms with van der Waals surface area (Å²) in [5, 5.41) is 8.76. The lowest BCUT2D eigenvalue weighted by atomic mass is 10.0. The second-order valence-corrected chi connectivity index (χ2v) is 7.67. The molecule has 0 bridgehead atoms. The molecule has 0 atom stereocenters. The maximum absolute atomic E-state index is 12.8. The summed E-state index contributed by atoms with van der Waals surface area (Å²) in [5.41, 5.74) is 0.871. The largest absolute Gasteiger partial charge is 0.383 e. The average molecular weight is 362 g/mol. The van der Waals surface area contributed by atoms with Gasteiger partial charge in [-0.2, -0.15) is 0 Å². The Labute approximate surface area is 153 Å². The first-order valence-electron chi connectivity index (χ1n) is 8.25. The summed E-state index contributed by atoms with van der Waals surface area (Å²) in [6.07, 6.45) is 1.66. The Morgan fingerprint density at radius 1 is 1.28 bits per heavy atom. The van der Waals surface area contributed by atoms with E-state index in [9.17, 15) is 4.79 Å². The number of rotatable bonds is 8. The van der Waals surface area contributed by atoms with Crippen LogP contribution in [0, 0.1) is 0 Å². The van der Waals surface area contributed by atoms with Crippen molar-refractivity contribution in [2.24, 2.45) is 0 Å². The summed E-state index contributed by atoms with van der Waals surface area (Å²) in [5.74, 6) is 0.415. The Morgan fingerprint density at radius 2 is 2.00 bits per heavy atom. The van der Waals surface area contributed by atoms with Crippen molar-refractivity contribution in [3.05, 3.63) is 42.2 Å². The molecule has 1 amide bonds. The van der Waals surface area contributed by atoms with Crippen LogP contribution in [0.4, 0.5) is 0 Å². The quantitative estimate of drug-likeness (QED) is 0.676. The van der Waals surface area contributed by atoms with Crippen LogP contribution in [0.1, 0.15) is 26.3 Å². The van der Waals surface area contributed by atoms with Crippen LogP contribution in [0.25, 0.3) is 0 Å². The van der Waals surface area contributed by atoms with E-state index in [4.69, 9.17) is 4.74 Å². The number of nitrogens with zero attached hydrogens (tertiary/aromatic N) is 4. The first-order valence-corrected chi connectivity index (χ1v) is 9.24. The Kier molecular flexibility index (Phi) is 7.01. The molecule has 0 saturated carbocycles. The number of amides is 1. The molecule has 7 heteroatoms. The van der Waals surface area contributed by atoms with Gasteiger partial charge >= 0.3 is 0 Å². The fourth-order valence-electron chi connectivity index (χ4n) is 2.37. The highest BCUT2D eigenvalue weighted by Gasteiger charge is 2.26. The highest BCUT2D eigenvalue weighted by Crippen LogP contribution is 2.21. The van der Waals surface area contributed by atoms with E-state index in [0.29, 0.717) is 25.4 Å². The highest BCUT2D eigenvalue weighted by molar-refractivity contribution is 7.99. The topological polar surface area (TPSA) is 60.2 Å². The van der Waals surface area contributed by atoms with Gasteiger partial charge in [0.25, 0.3) is 0 Å². The Hall–Kier alpha value is -1.86. The minimum atomic E-state index is -0.253. The van der Waals surface area contributed by atoms with Gasteiger partial charge in [-0.25, -0.2) is 0 Å². The second kappa shape index (κ2) is 9.01. The predicted octanol–water partition coefficient (Wildman–Crippen LogP) is 2.84. The normalized spacial score (nSPS) is 11.5. The fraction of sp³-hybridized carbons (Fsp3) is 0.500. The molecule has 0 aliphatic rings. The molecule has 0 saturated heterocycles. The third-order valence-electron chi connectivity index (χ3n) is 3.74. The number of aromatic nitrogens is 3. The zero-order chi connectivity index (χ0) is 18.3. The minimum Gasteiger partial charge on any atom is -0.383 e. The lowest BCUT2D eigenvalue weighted by Gasteiger charge is -2.36. The van der Waals surface area contributed by atoms with Crippen molar-refractivity contribution in [1.29, 1.82) is 0 Å². The van der Waals surface area contributed by atoms with Gasteiger partial charge in [0.1, 0.15) is 6.33 Å². The maximum atomic E-state index is 12.8. The van der Waals surface area contributed by atoms with Gasteiger partial charge in [0.2, 0.25) is 5.91 Å². The van der Waals surface area contributed by atoms with Gasteiger partial charge in [0.05, 0.1) is 12.4 Å². The van der Waals surface area contributed by atoms with Crippen molar-refractivity contribution in [1.82, 2.24) is 19.7 Å². The standard InChI is InChI=1S/C18H26N4O2S/c1-18(2,3)22(12-15-8-6-5-7-9-15)16(23)13-25-17-20-19-14-21(17)10-11-24-4/h5-9,14H,10-13H2,1-4H3. The van der Waals surface area contributed by atoms with Gasteiger partial charge < -0.3 is 14.2 Å². The van der Waals surface area contributed by atoms with Crippen molar-refractivity contribution in [3.8, 4) is 0 Å². The number of carbonyl (C=O) groups is 1. The average Bonchev–Trinajstić information content (AvgIpc) is 3.03. The summed E-state index contributed by atoms with van der Waals surface area (Å²) in [6, 6.07) is 10.1. The van der Waals surface area contributed by atoms with Crippen LogP contribution < -0.4 is 0 Å². The lowest BCUT2D eigenvalue weighted by Crippen LogP contribution is -2.45. The summed E-state index contributed by atoms with van der Waals surface area (Å²) in [6.45, 7) is 8.02. The number of ether oxygens (including phenoxy) is 1. The van der Waals surface area contributed by atoms with Crippen molar-refractivity contribution in [2.75, 3.05) is 19.5 Å². The van der Waals surface area contributed by atoms with Gasteiger partial charge in [-0.3, -0.25) is 4.79 Å². The molecule has 0 unspecified atom stereocenters. The van der Waals surface area contributed by atoms with Crippen molar-refractivity contribution in [2.45, 2.75) is 44.6 Å². The number of benzene rings is 1. The second-order valence-electron chi connectivity index (χ2n) is 6.72. The molecule has 6 nitrogen and oxygen atoms in total. The molecule has 0 aliphatic carbocycles. The number of hydrogen-bond acceptors (Lipinski definition) is 5. The molecule has 1 aromatic heterocycles. The van der Waals surface area contributed by atoms with E-state index in [1.54, 1.807) is 13.4 Å². The van der Waals surface area contributed by atoms with Gasteiger partial charge in [-0.15, -0.1) is 10.2 Å². The van der Waals surface area contributed by atoms with E-state index in [-0.39, 0.29) is 11.4 Å². The van der Waals surface area contributed by atoms with Crippen LogP contribution in [-0.2, 0) is 22.6 Å². The Bertz CT molecular complexity index is 667. The molecule has 0 radical (unpaired) electrons. The Balaban J connectivity index is 2.01. The molecule has 1 aromatic carbocycles. The summed E-state index contributed by atoms with van der Waals surface area (Å²) >= 11 is 1.41. The van der Waals surface area contributed by atoms with E-state index in [1.165, 1.54) is 11.8 Å².